The van der Waals surface area contributed by atoms with Crippen molar-refractivity contribution in [3.63, 3.8) is 0 Å². The maximum atomic E-state index is 8.87. The molecule has 0 saturated heterocycles. The Bertz CT molecular complexity index is 543. The van der Waals surface area contributed by atoms with Gasteiger partial charge in [0.25, 0.3) is 0 Å². The van der Waals surface area contributed by atoms with Crippen LogP contribution in [0.4, 0.5) is 5.82 Å². The van der Waals surface area contributed by atoms with Gasteiger partial charge < -0.3 is 5.73 Å². The number of anilines is 1. The molecule has 1 aromatic heterocycles. The van der Waals surface area contributed by atoms with Crippen molar-refractivity contribution in [2.75, 3.05) is 5.73 Å². The molecule has 0 unspecified atom stereocenters. The number of para-hydroxylation sites is 1. The van der Waals surface area contributed by atoms with Gasteiger partial charge in [0.1, 0.15) is 5.82 Å². The fraction of sp³-hybridized carbons (Fsp3) is 0. The second-order valence-electron chi connectivity index (χ2n) is 2.84. The number of pyridine rings is 1. The lowest BCUT2D eigenvalue weighted by atomic mass is 10.1. The molecule has 68 valence electrons. The SMILES string of the molecule is N#Cc1cc(N)nc2c(Cl)cccc12. The van der Waals surface area contributed by atoms with Gasteiger partial charge in [-0.3, -0.25) is 0 Å². The summed E-state index contributed by atoms with van der Waals surface area (Å²) in [6.07, 6.45) is 0. The number of benzene rings is 1. The quantitative estimate of drug-likeness (QED) is 0.715. The fourth-order valence-corrected chi connectivity index (χ4v) is 1.54. The van der Waals surface area contributed by atoms with Crippen molar-refractivity contribution in [1.29, 1.82) is 5.26 Å². The van der Waals surface area contributed by atoms with Crippen molar-refractivity contribution < 1.29 is 0 Å². The molecule has 0 amide bonds. The second kappa shape index (κ2) is 3.17. The third-order valence-electron chi connectivity index (χ3n) is 1.93. The van der Waals surface area contributed by atoms with Crippen LogP contribution in [0.15, 0.2) is 24.3 Å². The molecule has 2 rings (SSSR count). The molecule has 3 nitrogen and oxygen atoms in total. The monoisotopic (exact) mass is 203 g/mol. The minimum atomic E-state index is 0.308. The molecular formula is C10H6ClN3. The molecule has 4 heteroatoms. The lowest BCUT2D eigenvalue weighted by Crippen LogP contribution is -1.93. The molecule has 1 aromatic carbocycles. The Morgan fingerprint density at radius 1 is 1.43 bits per heavy atom. The predicted molar refractivity (Wildman–Crippen MR) is 55.9 cm³/mol. The Morgan fingerprint density at radius 3 is 2.93 bits per heavy atom. The number of nitrogen functional groups attached to an aromatic ring is 1. The number of hydrogen-bond donors (Lipinski definition) is 1. The molecule has 1 heterocycles. The minimum absolute atomic E-state index is 0.308. The first-order valence-electron chi connectivity index (χ1n) is 3.97. The van der Waals surface area contributed by atoms with Crippen LogP contribution >= 0.6 is 11.6 Å². The molecule has 0 aliphatic carbocycles. The normalized spacial score (nSPS) is 10.0. The highest BCUT2D eigenvalue weighted by atomic mass is 35.5. The predicted octanol–water partition coefficient (Wildman–Crippen LogP) is 2.34. The summed E-state index contributed by atoms with van der Waals surface area (Å²) in [6.45, 7) is 0. The van der Waals surface area contributed by atoms with Gasteiger partial charge in [-0.15, -0.1) is 0 Å². The standard InChI is InChI=1S/C10H6ClN3/c11-8-3-1-2-7-6(5-12)4-9(13)14-10(7)8/h1-4H,(H2,13,14). The first-order chi connectivity index (χ1) is 6.72. The number of fused-ring (bicyclic) bond motifs is 1. The Balaban J connectivity index is 2.96. The summed E-state index contributed by atoms with van der Waals surface area (Å²) in [5.74, 6) is 0.308. The highest BCUT2D eigenvalue weighted by Gasteiger charge is 2.05. The van der Waals surface area contributed by atoms with E-state index in [2.05, 4.69) is 11.1 Å². The summed E-state index contributed by atoms with van der Waals surface area (Å²) < 4.78 is 0. The lowest BCUT2D eigenvalue weighted by Gasteiger charge is -2.02. The average Bonchev–Trinajstić information content (AvgIpc) is 2.18. The smallest absolute Gasteiger partial charge is 0.125 e. The average molecular weight is 204 g/mol. The molecule has 2 aromatic rings. The molecule has 0 aliphatic heterocycles. The molecule has 0 radical (unpaired) electrons. The summed E-state index contributed by atoms with van der Waals surface area (Å²) in [6, 6.07) is 8.90. The van der Waals surface area contributed by atoms with Crippen LogP contribution in [0.5, 0.6) is 0 Å². The van der Waals surface area contributed by atoms with Crippen LogP contribution in [0.2, 0.25) is 5.02 Å². The molecular weight excluding hydrogens is 198 g/mol. The Labute approximate surface area is 85.7 Å². The van der Waals surface area contributed by atoms with E-state index in [0.717, 1.165) is 5.39 Å². The van der Waals surface area contributed by atoms with E-state index >= 15 is 0 Å². The van der Waals surface area contributed by atoms with E-state index in [1.807, 2.05) is 0 Å². The number of rotatable bonds is 0. The van der Waals surface area contributed by atoms with E-state index in [9.17, 15) is 0 Å². The first kappa shape index (κ1) is 8.79. The zero-order valence-electron chi connectivity index (χ0n) is 7.16. The van der Waals surface area contributed by atoms with Crippen LogP contribution in [-0.2, 0) is 0 Å². The van der Waals surface area contributed by atoms with Gasteiger partial charge in [0.2, 0.25) is 0 Å². The molecule has 0 bridgehead atoms. The fourth-order valence-electron chi connectivity index (χ4n) is 1.33. The number of nitrogens with zero attached hydrogens (tertiary/aromatic N) is 2. The molecule has 14 heavy (non-hydrogen) atoms. The van der Waals surface area contributed by atoms with Gasteiger partial charge in [-0.2, -0.15) is 5.26 Å². The number of nitrogens with two attached hydrogens (primary N) is 1. The van der Waals surface area contributed by atoms with E-state index in [1.54, 1.807) is 24.3 Å². The van der Waals surface area contributed by atoms with E-state index in [4.69, 9.17) is 22.6 Å². The zero-order chi connectivity index (χ0) is 10.1. The molecule has 2 N–H and O–H groups in total. The topological polar surface area (TPSA) is 62.7 Å². The van der Waals surface area contributed by atoms with Gasteiger partial charge in [-0.25, -0.2) is 4.98 Å². The second-order valence-corrected chi connectivity index (χ2v) is 3.25. The summed E-state index contributed by atoms with van der Waals surface area (Å²) >= 11 is 5.93. The number of halogens is 1. The largest absolute Gasteiger partial charge is 0.384 e. The third-order valence-corrected chi connectivity index (χ3v) is 2.24. The maximum Gasteiger partial charge on any atom is 0.125 e. The number of aromatic nitrogens is 1. The van der Waals surface area contributed by atoms with Crippen molar-refractivity contribution >= 4 is 28.3 Å². The van der Waals surface area contributed by atoms with Crippen LogP contribution in [0.1, 0.15) is 5.56 Å². The van der Waals surface area contributed by atoms with Crippen LogP contribution in [-0.4, -0.2) is 4.98 Å². The van der Waals surface area contributed by atoms with E-state index in [1.165, 1.54) is 0 Å². The molecule has 0 saturated carbocycles. The summed E-state index contributed by atoms with van der Waals surface area (Å²) in [7, 11) is 0. The summed E-state index contributed by atoms with van der Waals surface area (Å²) in [4.78, 5) is 4.08. The van der Waals surface area contributed by atoms with Crippen molar-refractivity contribution in [1.82, 2.24) is 4.98 Å². The van der Waals surface area contributed by atoms with Crippen LogP contribution in [0.3, 0.4) is 0 Å². The van der Waals surface area contributed by atoms with Crippen molar-refractivity contribution in [3.05, 3.63) is 34.9 Å². The number of nitriles is 1. The Hall–Kier alpha value is -1.79. The third kappa shape index (κ3) is 1.26. The van der Waals surface area contributed by atoms with Crippen molar-refractivity contribution in [2.45, 2.75) is 0 Å². The van der Waals surface area contributed by atoms with Gasteiger partial charge in [0.15, 0.2) is 0 Å². The molecule has 0 atom stereocenters. The van der Waals surface area contributed by atoms with Gasteiger partial charge >= 0.3 is 0 Å². The van der Waals surface area contributed by atoms with Crippen molar-refractivity contribution in [2.24, 2.45) is 0 Å². The van der Waals surface area contributed by atoms with Gasteiger partial charge in [0.05, 0.1) is 22.2 Å². The van der Waals surface area contributed by atoms with E-state index in [-0.39, 0.29) is 0 Å². The van der Waals surface area contributed by atoms with E-state index < -0.39 is 0 Å². The minimum Gasteiger partial charge on any atom is -0.384 e. The van der Waals surface area contributed by atoms with Gasteiger partial charge in [-0.1, -0.05) is 23.7 Å². The van der Waals surface area contributed by atoms with E-state index in [0.29, 0.717) is 21.9 Å². The lowest BCUT2D eigenvalue weighted by molar-refractivity contribution is 1.39. The van der Waals surface area contributed by atoms with Gasteiger partial charge in [0, 0.05) is 5.39 Å². The zero-order valence-corrected chi connectivity index (χ0v) is 7.92. The number of hydrogen-bond acceptors (Lipinski definition) is 3. The molecule has 0 spiro atoms. The molecule has 0 fully saturated rings. The van der Waals surface area contributed by atoms with Crippen molar-refractivity contribution in [3.8, 4) is 6.07 Å². The van der Waals surface area contributed by atoms with Gasteiger partial charge in [-0.05, 0) is 12.1 Å². The van der Waals surface area contributed by atoms with Crippen LogP contribution in [0, 0.1) is 11.3 Å². The summed E-state index contributed by atoms with van der Waals surface area (Å²) in [5.41, 5.74) is 6.62. The first-order valence-corrected chi connectivity index (χ1v) is 4.35. The Morgan fingerprint density at radius 2 is 2.21 bits per heavy atom. The molecule has 0 aliphatic rings. The highest BCUT2D eigenvalue weighted by molar-refractivity contribution is 6.35. The van der Waals surface area contributed by atoms with Crippen LogP contribution < -0.4 is 5.73 Å². The highest BCUT2D eigenvalue weighted by Crippen LogP contribution is 2.25. The Kier molecular flexibility index (Phi) is 1.99. The summed E-state index contributed by atoms with van der Waals surface area (Å²) in [5, 5.41) is 10.1. The van der Waals surface area contributed by atoms with Crippen LogP contribution in [0.25, 0.3) is 10.9 Å². The maximum absolute atomic E-state index is 8.87.